The zero-order chi connectivity index (χ0) is 22.0. The van der Waals surface area contributed by atoms with Crippen molar-refractivity contribution in [3.8, 4) is 0 Å². The summed E-state index contributed by atoms with van der Waals surface area (Å²) in [6.45, 7) is 3.94. The molecule has 2 N–H and O–H groups in total. The van der Waals surface area contributed by atoms with Crippen molar-refractivity contribution in [2.45, 2.75) is 26.3 Å². The number of carbonyl (C=O) groups is 2. The van der Waals surface area contributed by atoms with E-state index in [4.69, 9.17) is 0 Å². The Morgan fingerprint density at radius 3 is 2.26 bits per heavy atom. The van der Waals surface area contributed by atoms with Crippen molar-refractivity contribution in [1.29, 1.82) is 0 Å². The van der Waals surface area contributed by atoms with E-state index < -0.39 is 12.0 Å². The smallest absolute Gasteiger partial charge is 0.307 e. The average molecular weight is 412 g/mol. The van der Waals surface area contributed by atoms with Crippen LogP contribution in [-0.4, -0.2) is 17.0 Å². The van der Waals surface area contributed by atoms with E-state index >= 15 is 0 Å². The molecule has 0 aromatic heterocycles. The molecule has 0 saturated carbocycles. The summed E-state index contributed by atoms with van der Waals surface area (Å²) in [5, 5.41) is 12.9. The third-order valence-electron chi connectivity index (χ3n) is 5.37. The highest BCUT2D eigenvalue weighted by Gasteiger charge is 2.41. The molecule has 3 aromatic carbocycles. The molecule has 3 aromatic rings. The van der Waals surface area contributed by atoms with Crippen LogP contribution in [0.2, 0.25) is 0 Å². The lowest BCUT2D eigenvalue weighted by Crippen LogP contribution is -2.31. The Bertz CT molecular complexity index is 1170. The summed E-state index contributed by atoms with van der Waals surface area (Å²) in [4.78, 5) is 27.2. The van der Waals surface area contributed by atoms with E-state index in [0.717, 1.165) is 28.1 Å². The van der Waals surface area contributed by atoms with Crippen molar-refractivity contribution < 1.29 is 14.7 Å². The third-order valence-corrected chi connectivity index (χ3v) is 5.37. The number of benzene rings is 3. The highest BCUT2D eigenvalue weighted by atomic mass is 16.4. The summed E-state index contributed by atoms with van der Waals surface area (Å²) >= 11 is 0. The van der Waals surface area contributed by atoms with E-state index in [-0.39, 0.29) is 12.3 Å². The fraction of sp³-hybridized carbons (Fsp3) is 0.154. The van der Waals surface area contributed by atoms with Gasteiger partial charge in [-0.15, -0.1) is 0 Å². The summed E-state index contributed by atoms with van der Waals surface area (Å²) in [6, 6.07) is 24.5. The van der Waals surface area contributed by atoms with Crippen LogP contribution in [-0.2, 0) is 9.59 Å². The Kier molecular flexibility index (Phi) is 5.58. The van der Waals surface area contributed by atoms with Crippen LogP contribution >= 0.6 is 0 Å². The van der Waals surface area contributed by atoms with E-state index in [2.05, 4.69) is 5.32 Å². The van der Waals surface area contributed by atoms with Gasteiger partial charge in [0.2, 0.25) is 0 Å². The highest BCUT2D eigenvalue weighted by Crippen LogP contribution is 2.43. The zero-order valence-corrected chi connectivity index (χ0v) is 17.5. The fourth-order valence-electron chi connectivity index (χ4n) is 4.05. The molecule has 156 valence electrons. The number of anilines is 2. The van der Waals surface area contributed by atoms with Crippen LogP contribution in [0.25, 0.3) is 0 Å². The molecule has 1 aliphatic rings. The molecule has 5 heteroatoms. The topological polar surface area (TPSA) is 69.6 Å². The molecule has 5 nitrogen and oxygen atoms in total. The third kappa shape index (κ3) is 4.21. The zero-order valence-electron chi connectivity index (χ0n) is 17.5. The molecule has 31 heavy (non-hydrogen) atoms. The van der Waals surface area contributed by atoms with Gasteiger partial charge >= 0.3 is 5.97 Å². The van der Waals surface area contributed by atoms with Crippen molar-refractivity contribution in [3.63, 3.8) is 0 Å². The maximum absolute atomic E-state index is 13.7. The number of nitrogens with one attached hydrogen (secondary N) is 1. The lowest BCUT2D eigenvalue weighted by molar-refractivity contribution is -0.136. The molecule has 0 spiro atoms. The van der Waals surface area contributed by atoms with Gasteiger partial charge in [0.1, 0.15) is 5.70 Å². The van der Waals surface area contributed by atoms with Gasteiger partial charge in [0, 0.05) is 11.4 Å². The van der Waals surface area contributed by atoms with E-state index in [9.17, 15) is 14.7 Å². The van der Waals surface area contributed by atoms with Gasteiger partial charge < -0.3 is 10.4 Å². The molecule has 1 heterocycles. The minimum Gasteiger partial charge on any atom is -0.481 e. The monoisotopic (exact) mass is 412 g/mol. The number of carboxylic acids is 1. The van der Waals surface area contributed by atoms with Crippen LogP contribution in [0.4, 0.5) is 11.4 Å². The molecule has 0 aliphatic carbocycles. The number of aryl methyl sites for hydroxylation is 2. The SMILES string of the molecule is Cc1cccc(NC2=C(CC(=O)O)C(c3ccccc3)N(c3cccc(C)c3)C2=O)c1. The molecular formula is C26H24N2O3. The van der Waals surface area contributed by atoms with Gasteiger partial charge in [-0.1, -0.05) is 54.6 Å². The number of carboxylic acid groups (broad SMARTS) is 1. The molecule has 1 amide bonds. The minimum absolute atomic E-state index is 0.234. The molecule has 0 fully saturated rings. The van der Waals surface area contributed by atoms with E-state index in [1.54, 1.807) is 4.90 Å². The number of aliphatic carboxylic acids is 1. The number of nitrogens with zero attached hydrogens (tertiary/aromatic N) is 1. The van der Waals surface area contributed by atoms with Crippen LogP contribution in [0.1, 0.15) is 29.2 Å². The maximum atomic E-state index is 13.7. The van der Waals surface area contributed by atoms with Crippen molar-refractivity contribution >= 4 is 23.3 Å². The van der Waals surface area contributed by atoms with Gasteiger partial charge in [-0.2, -0.15) is 0 Å². The predicted molar refractivity (Wildman–Crippen MR) is 122 cm³/mol. The van der Waals surface area contributed by atoms with E-state index in [1.807, 2.05) is 92.7 Å². The van der Waals surface area contributed by atoms with Gasteiger partial charge in [0.25, 0.3) is 5.91 Å². The lowest BCUT2D eigenvalue weighted by Gasteiger charge is -2.27. The summed E-state index contributed by atoms with van der Waals surface area (Å²) in [7, 11) is 0. The first-order valence-corrected chi connectivity index (χ1v) is 10.2. The van der Waals surface area contributed by atoms with E-state index in [0.29, 0.717) is 11.3 Å². The van der Waals surface area contributed by atoms with Gasteiger partial charge in [0.05, 0.1) is 12.5 Å². The molecule has 1 aliphatic heterocycles. The number of hydrogen-bond acceptors (Lipinski definition) is 3. The quantitative estimate of drug-likeness (QED) is 0.581. The maximum Gasteiger partial charge on any atom is 0.307 e. The van der Waals surface area contributed by atoms with Crippen molar-refractivity contribution in [1.82, 2.24) is 0 Å². The molecule has 0 radical (unpaired) electrons. The standard InChI is InChI=1S/C26H24N2O3/c1-17-8-6-12-20(14-17)27-24-22(16-23(29)30)25(19-10-4-3-5-11-19)28(26(24)31)21-13-7-9-18(2)15-21/h3-15,25,27H,16H2,1-2H3,(H,29,30). The van der Waals surface area contributed by atoms with E-state index in [1.165, 1.54) is 0 Å². The number of carbonyl (C=O) groups excluding carboxylic acids is 1. The van der Waals surface area contributed by atoms with Gasteiger partial charge in [-0.05, 0) is 60.4 Å². The molecule has 0 bridgehead atoms. The summed E-state index contributed by atoms with van der Waals surface area (Å²) in [5.74, 6) is -1.21. The van der Waals surface area contributed by atoms with Gasteiger partial charge in [-0.3, -0.25) is 14.5 Å². The van der Waals surface area contributed by atoms with Crippen LogP contribution in [0.15, 0.2) is 90.1 Å². The molecular weight excluding hydrogens is 388 g/mol. The second kappa shape index (κ2) is 8.48. The molecule has 4 rings (SSSR count). The number of hydrogen-bond donors (Lipinski definition) is 2. The normalized spacial score (nSPS) is 16.0. The first-order chi connectivity index (χ1) is 14.9. The summed E-state index contributed by atoms with van der Waals surface area (Å²) in [6.07, 6.45) is -0.234. The predicted octanol–water partition coefficient (Wildman–Crippen LogP) is 5.23. The molecule has 0 saturated heterocycles. The second-order valence-electron chi connectivity index (χ2n) is 7.79. The fourth-order valence-corrected chi connectivity index (χ4v) is 4.05. The largest absolute Gasteiger partial charge is 0.481 e. The Morgan fingerprint density at radius 2 is 1.61 bits per heavy atom. The number of rotatable bonds is 6. The Labute approximate surface area is 181 Å². The summed E-state index contributed by atoms with van der Waals surface area (Å²) < 4.78 is 0. The molecule has 1 unspecified atom stereocenters. The van der Waals surface area contributed by atoms with Crippen LogP contribution in [0.3, 0.4) is 0 Å². The van der Waals surface area contributed by atoms with Crippen molar-refractivity contribution in [2.75, 3.05) is 10.2 Å². The first kappa shape index (κ1) is 20.4. The van der Waals surface area contributed by atoms with Crippen LogP contribution in [0, 0.1) is 13.8 Å². The highest BCUT2D eigenvalue weighted by molar-refractivity contribution is 6.12. The second-order valence-corrected chi connectivity index (χ2v) is 7.79. The minimum atomic E-state index is -0.974. The van der Waals surface area contributed by atoms with Crippen molar-refractivity contribution in [2.24, 2.45) is 0 Å². The van der Waals surface area contributed by atoms with Crippen molar-refractivity contribution in [3.05, 3.63) is 107 Å². The summed E-state index contributed by atoms with van der Waals surface area (Å²) in [5.41, 5.74) is 5.31. The Morgan fingerprint density at radius 1 is 0.935 bits per heavy atom. The van der Waals surface area contributed by atoms with Gasteiger partial charge in [-0.25, -0.2) is 0 Å². The number of amides is 1. The Balaban J connectivity index is 1.88. The van der Waals surface area contributed by atoms with Gasteiger partial charge in [0.15, 0.2) is 0 Å². The average Bonchev–Trinajstić information content (AvgIpc) is 3.00. The molecule has 1 atom stereocenters. The lowest BCUT2D eigenvalue weighted by atomic mass is 9.96. The Hall–Kier alpha value is -3.86. The first-order valence-electron chi connectivity index (χ1n) is 10.2. The van der Waals surface area contributed by atoms with Crippen LogP contribution < -0.4 is 10.2 Å². The van der Waals surface area contributed by atoms with Crippen LogP contribution in [0.5, 0.6) is 0 Å².